The standard InChI is InChI=1S/C18H23N3O2S/c1-12(16-9-6-10-23-16)19-18(22)20-13(2)17-21-15(11-24-17)14-7-4-3-5-8-14/h3-5,7-8,11-13,16H,6,9-10H2,1-2H3,(H2,19,20,22)/t12-,13-,16-/m0/s1. The van der Waals surface area contributed by atoms with Gasteiger partial charge in [-0.15, -0.1) is 11.3 Å². The molecule has 2 N–H and O–H groups in total. The van der Waals surface area contributed by atoms with Crippen LogP contribution in [-0.2, 0) is 4.74 Å². The number of hydrogen-bond donors (Lipinski definition) is 2. The molecule has 2 amide bonds. The summed E-state index contributed by atoms with van der Waals surface area (Å²) in [5.74, 6) is 0. The van der Waals surface area contributed by atoms with Gasteiger partial charge in [-0.3, -0.25) is 0 Å². The van der Waals surface area contributed by atoms with Crippen molar-refractivity contribution in [1.29, 1.82) is 0 Å². The molecule has 2 aromatic rings. The minimum absolute atomic E-state index is 0.0101. The van der Waals surface area contributed by atoms with Crippen molar-refractivity contribution in [2.75, 3.05) is 6.61 Å². The molecule has 0 bridgehead atoms. The molecule has 0 spiro atoms. The van der Waals surface area contributed by atoms with Crippen LogP contribution in [0.2, 0.25) is 0 Å². The molecule has 24 heavy (non-hydrogen) atoms. The minimum atomic E-state index is -0.179. The number of hydrogen-bond acceptors (Lipinski definition) is 4. The summed E-state index contributed by atoms with van der Waals surface area (Å²) in [7, 11) is 0. The van der Waals surface area contributed by atoms with E-state index in [1.54, 1.807) is 11.3 Å². The second-order valence-electron chi connectivity index (χ2n) is 6.12. The number of aromatic nitrogens is 1. The normalized spacial score (nSPS) is 19.7. The SMILES string of the molecule is C[C@H](NC(=O)N[C@@H](C)[C@@H]1CCCO1)c1nc(-c2ccccc2)cs1. The van der Waals surface area contributed by atoms with Gasteiger partial charge in [-0.2, -0.15) is 0 Å². The highest BCUT2D eigenvalue weighted by atomic mass is 32.1. The Morgan fingerprint density at radius 2 is 2.08 bits per heavy atom. The first-order valence-corrected chi connectivity index (χ1v) is 9.21. The van der Waals surface area contributed by atoms with E-state index in [0.29, 0.717) is 0 Å². The number of carbonyl (C=O) groups excluding carboxylic acids is 1. The van der Waals surface area contributed by atoms with Crippen LogP contribution in [0.5, 0.6) is 0 Å². The fourth-order valence-electron chi connectivity index (χ4n) is 2.82. The van der Waals surface area contributed by atoms with Gasteiger partial charge in [0.05, 0.1) is 23.9 Å². The van der Waals surface area contributed by atoms with Gasteiger partial charge >= 0.3 is 6.03 Å². The number of urea groups is 1. The molecule has 6 heteroatoms. The van der Waals surface area contributed by atoms with Gasteiger partial charge in [0.1, 0.15) is 5.01 Å². The van der Waals surface area contributed by atoms with E-state index < -0.39 is 0 Å². The third-order valence-electron chi connectivity index (χ3n) is 4.19. The van der Waals surface area contributed by atoms with Crippen LogP contribution in [0.3, 0.4) is 0 Å². The van der Waals surface area contributed by atoms with Gasteiger partial charge < -0.3 is 15.4 Å². The fraction of sp³-hybridized carbons (Fsp3) is 0.444. The monoisotopic (exact) mass is 345 g/mol. The molecule has 2 heterocycles. The van der Waals surface area contributed by atoms with Crippen molar-refractivity contribution in [3.8, 4) is 11.3 Å². The van der Waals surface area contributed by atoms with Crippen LogP contribution in [0.25, 0.3) is 11.3 Å². The van der Waals surface area contributed by atoms with Crippen LogP contribution in [0.4, 0.5) is 4.79 Å². The molecular weight excluding hydrogens is 322 g/mol. The topological polar surface area (TPSA) is 63.2 Å². The van der Waals surface area contributed by atoms with E-state index in [4.69, 9.17) is 4.74 Å². The lowest BCUT2D eigenvalue weighted by Gasteiger charge is -2.21. The molecule has 1 aliphatic heterocycles. The van der Waals surface area contributed by atoms with Crippen LogP contribution in [0, 0.1) is 0 Å². The molecule has 0 saturated carbocycles. The smallest absolute Gasteiger partial charge is 0.315 e. The Labute approximate surface area is 146 Å². The number of amides is 2. The molecule has 0 radical (unpaired) electrons. The van der Waals surface area contributed by atoms with E-state index in [-0.39, 0.29) is 24.2 Å². The maximum Gasteiger partial charge on any atom is 0.315 e. The average Bonchev–Trinajstić information content (AvgIpc) is 3.27. The van der Waals surface area contributed by atoms with Gasteiger partial charge in [0.15, 0.2) is 0 Å². The first-order chi connectivity index (χ1) is 11.6. The number of thiazole rings is 1. The third kappa shape index (κ3) is 4.13. The first kappa shape index (κ1) is 16.9. The predicted molar refractivity (Wildman–Crippen MR) is 96.1 cm³/mol. The van der Waals surface area contributed by atoms with E-state index in [1.807, 2.05) is 49.6 Å². The van der Waals surface area contributed by atoms with Gasteiger partial charge in [0.2, 0.25) is 0 Å². The Bertz CT molecular complexity index is 668. The highest BCUT2D eigenvalue weighted by Gasteiger charge is 2.24. The molecule has 3 atom stereocenters. The van der Waals surface area contributed by atoms with E-state index in [0.717, 1.165) is 35.7 Å². The lowest BCUT2D eigenvalue weighted by Crippen LogP contribution is -2.46. The predicted octanol–water partition coefficient (Wildman–Crippen LogP) is 3.74. The van der Waals surface area contributed by atoms with Gasteiger partial charge in [0, 0.05) is 17.6 Å². The number of nitrogens with zero attached hydrogens (tertiary/aromatic N) is 1. The lowest BCUT2D eigenvalue weighted by molar-refractivity contribution is 0.0859. The van der Waals surface area contributed by atoms with Crippen LogP contribution < -0.4 is 10.6 Å². The Morgan fingerprint density at radius 1 is 1.29 bits per heavy atom. The Morgan fingerprint density at radius 3 is 2.79 bits per heavy atom. The summed E-state index contributed by atoms with van der Waals surface area (Å²) in [5.41, 5.74) is 2.03. The van der Waals surface area contributed by atoms with Crippen molar-refractivity contribution < 1.29 is 9.53 Å². The second kappa shape index (κ2) is 7.77. The highest BCUT2D eigenvalue weighted by Crippen LogP contribution is 2.25. The summed E-state index contributed by atoms with van der Waals surface area (Å²) in [4.78, 5) is 16.8. The molecule has 0 unspecified atom stereocenters. The summed E-state index contributed by atoms with van der Waals surface area (Å²) in [5, 5.41) is 8.84. The van der Waals surface area contributed by atoms with Crippen LogP contribution in [0.15, 0.2) is 35.7 Å². The zero-order valence-electron chi connectivity index (χ0n) is 14.0. The lowest BCUT2D eigenvalue weighted by atomic mass is 10.1. The van der Waals surface area contributed by atoms with Crippen molar-refractivity contribution in [2.24, 2.45) is 0 Å². The molecule has 1 aromatic heterocycles. The van der Waals surface area contributed by atoms with Gasteiger partial charge in [-0.25, -0.2) is 9.78 Å². The van der Waals surface area contributed by atoms with Crippen molar-refractivity contribution in [1.82, 2.24) is 15.6 Å². The Kier molecular flexibility index (Phi) is 5.48. The van der Waals surface area contributed by atoms with Crippen molar-refractivity contribution >= 4 is 17.4 Å². The minimum Gasteiger partial charge on any atom is -0.376 e. The summed E-state index contributed by atoms with van der Waals surface area (Å²) in [6, 6.07) is 9.74. The maximum absolute atomic E-state index is 12.2. The molecule has 1 aromatic carbocycles. The van der Waals surface area contributed by atoms with E-state index in [2.05, 4.69) is 15.6 Å². The summed E-state index contributed by atoms with van der Waals surface area (Å²) in [6.45, 7) is 4.72. The number of ether oxygens (including phenoxy) is 1. The molecule has 1 aliphatic rings. The molecule has 0 aliphatic carbocycles. The molecule has 3 rings (SSSR count). The van der Waals surface area contributed by atoms with Gasteiger partial charge in [0.25, 0.3) is 0 Å². The molecular formula is C18H23N3O2S. The van der Waals surface area contributed by atoms with Crippen molar-refractivity contribution in [2.45, 2.75) is 44.9 Å². The zero-order chi connectivity index (χ0) is 16.9. The number of benzene rings is 1. The molecule has 128 valence electrons. The summed E-state index contributed by atoms with van der Waals surface area (Å²) >= 11 is 1.56. The highest BCUT2D eigenvalue weighted by molar-refractivity contribution is 7.10. The Hall–Kier alpha value is -1.92. The quantitative estimate of drug-likeness (QED) is 0.868. The Balaban J connectivity index is 1.55. The molecule has 1 saturated heterocycles. The number of nitrogens with one attached hydrogen (secondary N) is 2. The van der Waals surface area contributed by atoms with E-state index >= 15 is 0 Å². The maximum atomic E-state index is 12.2. The number of carbonyl (C=O) groups is 1. The van der Waals surface area contributed by atoms with Gasteiger partial charge in [-0.05, 0) is 26.7 Å². The number of rotatable bonds is 5. The largest absolute Gasteiger partial charge is 0.376 e. The summed E-state index contributed by atoms with van der Waals surface area (Å²) in [6.07, 6.45) is 2.19. The van der Waals surface area contributed by atoms with Crippen LogP contribution in [0.1, 0.15) is 37.7 Å². The van der Waals surface area contributed by atoms with E-state index in [9.17, 15) is 4.79 Å². The van der Waals surface area contributed by atoms with Gasteiger partial charge in [-0.1, -0.05) is 30.3 Å². The van der Waals surface area contributed by atoms with Crippen LogP contribution in [-0.4, -0.2) is 29.8 Å². The van der Waals surface area contributed by atoms with Crippen molar-refractivity contribution in [3.05, 3.63) is 40.7 Å². The zero-order valence-corrected chi connectivity index (χ0v) is 14.8. The first-order valence-electron chi connectivity index (χ1n) is 8.33. The summed E-state index contributed by atoms with van der Waals surface area (Å²) < 4.78 is 5.60. The van der Waals surface area contributed by atoms with Crippen LogP contribution >= 0.6 is 11.3 Å². The third-order valence-corrected chi connectivity index (χ3v) is 5.22. The molecule has 1 fully saturated rings. The second-order valence-corrected chi connectivity index (χ2v) is 7.01. The van der Waals surface area contributed by atoms with E-state index in [1.165, 1.54) is 0 Å². The fourth-order valence-corrected chi connectivity index (χ4v) is 3.66. The average molecular weight is 345 g/mol. The van der Waals surface area contributed by atoms with Crippen molar-refractivity contribution in [3.63, 3.8) is 0 Å². The molecule has 5 nitrogen and oxygen atoms in total.